The van der Waals surface area contributed by atoms with Crippen molar-refractivity contribution in [3.63, 3.8) is 0 Å². The highest BCUT2D eigenvalue weighted by atomic mass is 35.5. The number of nitrogens with one attached hydrogen (secondary N) is 2. The van der Waals surface area contributed by atoms with E-state index in [1.807, 2.05) is 61.0 Å². The molecule has 0 saturated carbocycles. The second-order valence-electron chi connectivity index (χ2n) is 8.45. The van der Waals surface area contributed by atoms with Gasteiger partial charge in [-0.05, 0) is 60.4 Å². The van der Waals surface area contributed by atoms with E-state index in [9.17, 15) is 5.11 Å². The zero-order valence-electron chi connectivity index (χ0n) is 18.6. The summed E-state index contributed by atoms with van der Waals surface area (Å²) in [7, 11) is 0. The predicted molar refractivity (Wildman–Crippen MR) is 130 cm³/mol. The highest BCUT2D eigenvalue weighted by molar-refractivity contribution is 6.30. The second-order valence-corrected chi connectivity index (χ2v) is 8.89. The van der Waals surface area contributed by atoms with Crippen LogP contribution in [0.3, 0.4) is 0 Å². The van der Waals surface area contributed by atoms with E-state index in [0.717, 1.165) is 60.0 Å². The number of piperazine rings is 1. The molecule has 168 valence electrons. The number of nitrogens with zero attached hydrogens (tertiary/aromatic N) is 3. The van der Waals surface area contributed by atoms with Crippen LogP contribution in [0.1, 0.15) is 35.1 Å². The summed E-state index contributed by atoms with van der Waals surface area (Å²) in [6.45, 7) is 8.73. The van der Waals surface area contributed by atoms with Crippen molar-refractivity contribution in [2.45, 2.75) is 32.4 Å². The Balaban J connectivity index is 0.000000354. The molecule has 2 aromatic heterocycles. The molecule has 32 heavy (non-hydrogen) atoms. The van der Waals surface area contributed by atoms with Gasteiger partial charge in [0.1, 0.15) is 11.4 Å². The van der Waals surface area contributed by atoms with Crippen molar-refractivity contribution in [2.75, 3.05) is 26.2 Å². The summed E-state index contributed by atoms with van der Waals surface area (Å²) in [4.78, 5) is 8.79. The molecule has 3 N–H and O–H groups in total. The molecule has 1 aliphatic carbocycles. The lowest BCUT2D eigenvalue weighted by molar-refractivity contribution is 0.102. The molecule has 0 spiro atoms. The van der Waals surface area contributed by atoms with Crippen LogP contribution < -0.4 is 10.6 Å². The molecule has 1 fully saturated rings. The van der Waals surface area contributed by atoms with Gasteiger partial charge < -0.3 is 20.3 Å². The lowest BCUT2D eigenvalue weighted by atomic mass is 9.86. The van der Waals surface area contributed by atoms with E-state index >= 15 is 0 Å². The molecule has 0 bridgehead atoms. The van der Waals surface area contributed by atoms with E-state index in [0.29, 0.717) is 18.0 Å². The van der Waals surface area contributed by atoms with Gasteiger partial charge >= 0.3 is 0 Å². The van der Waals surface area contributed by atoms with Crippen molar-refractivity contribution in [1.82, 2.24) is 25.2 Å². The van der Waals surface area contributed by atoms with Crippen LogP contribution in [0.5, 0.6) is 0 Å². The standard InChI is InChI=1S/C21H20ClN3O.C4H10N2/c1-14-23-8-9-25(14)13-21(2,26)19-10-16-4-3-7-24-20(16)11-15-5-6-17(22)12-18(15)19;1-2-6-4-3-5-1/h3-10,12,26H,11,13H2,1-2H3;5-6H,1-4H2. The monoisotopic (exact) mass is 451 g/mol. The fourth-order valence-electron chi connectivity index (χ4n) is 4.13. The van der Waals surface area contributed by atoms with Crippen molar-refractivity contribution >= 4 is 23.3 Å². The molecular formula is C25H30ClN5O. The second kappa shape index (κ2) is 9.96. The lowest BCUT2D eigenvalue weighted by Crippen LogP contribution is -2.39. The summed E-state index contributed by atoms with van der Waals surface area (Å²) in [5.74, 6) is 0.868. The van der Waals surface area contributed by atoms with E-state index in [4.69, 9.17) is 11.6 Å². The van der Waals surface area contributed by atoms with Gasteiger partial charge in [0.2, 0.25) is 0 Å². The van der Waals surface area contributed by atoms with E-state index in [2.05, 4.69) is 20.6 Å². The first-order valence-electron chi connectivity index (χ1n) is 11.0. The highest BCUT2D eigenvalue weighted by Gasteiger charge is 2.31. The maximum Gasteiger partial charge on any atom is 0.105 e. The van der Waals surface area contributed by atoms with Crippen molar-refractivity contribution < 1.29 is 5.11 Å². The van der Waals surface area contributed by atoms with Crippen LogP contribution in [0, 0.1) is 6.92 Å². The number of aliphatic hydroxyl groups is 1. The summed E-state index contributed by atoms with van der Waals surface area (Å²) in [6, 6.07) is 9.80. The largest absolute Gasteiger partial charge is 0.384 e. The summed E-state index contributed by atoms with van der Waals surface area (Å²) in [5, 5.41) is 18.5. The van der Waals surface area contributed by atoms with Crippen molar-refractivity contribution in [3.8, 4) is 0 Å². The number of aromatic nitrogens is 3. The fraction of sp³-hybridized carbons (Fsp3) is 0.360. The lowest BCUT2D eigenvalue weighted by Gasteiger charge is -2.29. The summed E-state index contributed by atoms with van der Waals surface area (Å²) in [6.07, 6.45) is 8.19. The third-order valence-electron chi connectivity index (χ3n) is 5.88. The van der Waals surface area contributed by atoms with E-state index in [1.54, 1.807) is 12.4 Å². The number of benzene rings is 1. The van der Waals surface area contributed by atoms with Crippen molar-refractivity contribution in [3.05, 3.63) is 82.2 Å². The number of halogens is 1. The molecule has 6 nitrogen and oxygen atoms in total. The minimum atomic E-state index is -1.09. The van der Waals surface area contributed by atoms with Crippen LogP contribution in [0.15, 0.2) is 48.9 Å². The molecule has 1 aliphatic heterocycles. The number of pyridine rings is 1. The maximum atomic E-state index is 11.4. The first-order chi connectivity index (χ1) is 15.4. The van der Waals surface area contributed by atoms with Crippen molar-refractivity contribution in [1.29, 1.82) is 0 Å². The number of hydrogen-bond acceptors (Lipinski definition) is 5. The van der Waals surface area contributed by atoms with Crippen LogP contribution in [-0.4, -0.2) is 51.4 Å². The summed E-state index contributed by atoms with van der Waals surface area (Å²) in [5.41, 5.74) is 3.86. The van der Waals surface area contributed by atoms with Gasteiger partial charge in [0.05, 0.1) is 12.2 Å². The molecule has 1 unspecified atom stereocenters. The molecule has 0 amide bonds. The minimum Gasteiger partial charge on any atom is -0.384 e. The van der Waals surface area contributed by atoms with Crippen LogP contribution >= 0.6 is 11.6 Å². The first kappa shape index (κ1) is 22.7. The molecule has 7 heteroatoms. The number of rotatable bonds is 3. The van der Waals surface area contributed by atoms with E-state index in [1.165, 1.54) is 0 Å². The zero-order valence-corrected chi connectivity index (χ0v) is 19.4. The predicted octanol–water partition coefficient (Wildman–Crippen LogP) is 3.32. The molecule has 3 aromatic rings. The Hall–Kier alpha value is -2.51. The Morgan fingerprint density at radius 3 is 2.50 bits per heavy atom. The fourth-order valence-corrected chi connectivity index (χ4v) is 4.31. The highest BCUT2D eigenvalue weighted by Crippen LogP contribution is 2.38. The van der Waals surface area contributed by atoms with Gasteiger partial charge in [0.25, 0.3) is 0 Å². The third-order valence-corrected chi connectivity index (χ3v) is 6.12. The van der Waals surface area contributed by atoms with Gasteiger partial charge in [-0.3, -0.25) is 4.98 Å². The molecule has 3 heterocycles. The van der Waals surface area contributed by atoms with Crippen LogP contribution in [0.4, 0.5) is 0 Å². The summed E-state index contributed by atoms with van der Waals surface area (Å²) < 4.78 is 1.96. The SMILES string of the molecule is C1CNCCN1.Cc1nccn1CC(C)(O)C1=Cc2cccnc2Cc2ccc(Cl)cc21. The average molecular weight is 452 g/mol. The Labute approximate surface area is 194 Å². The van der Waals surface area contributed by atoms with Crippen LogP contribution in [0.2, 0.25) is 5.02 Å². The zero-order chi connectivity index (χ0) is 22.6. The number of imidazole rings is 1. The molecule has 1 aromatic carbocycles. The normalized spacial score (nSPS) is 17.1. The number of hydrogen-bond donors (Lipinski definition) is 3. The Bertz CT molecular complexity index is 1090. The van der Waals surface area contributed by atoms with Crippen LogP contribution in [0.25, 0.3) is 11.6 Å². The van der Waals surface area contributed by atoms with Gasteiger partial charge in [0.15, 0.2) is 0 Å². The molecule has 1 saturated heterocycles. The molecule has 0 radical (unpaired) electrons. The van der Waals surface area contributed by atoms with Gasteiger partial charge in [-0.1, -0.05) is 23.7 Å². The molecular weight excluding hydrogens is 422 g/mol. The van der Waals surface area contributed by atoms with Gasteiger partial charge in [-0.25, -0.2) is 4.98 Å². The topological polar surface area (TPSA) is 75.0 Å². The van der Waals surface area contributed by atoms with E-state index in [-0.39, 0.29) is 0 Å². The van der Waals surface area contributed by atoms with Gasteiger partial charge in [-0.15, -0.1) is 0 Å². The van der Waals surface area contributed by atoms with Gasteiger partial charge in [-0.2, -0.15) is 0 Å². The minimum absolute atomic E-state index is 0.409. The van der Waals surface area contributed by atoms with Gasteiger partial charge in [0, 0.05) is 56.2 Å². The molecule has 2 aliphatic rings. The average Bonchev–Trinajstić information content (AvgIpc) is 3.10. The smallest absolute Gasteiger partial charge is 0.105 e. The molecule has 1 atom stereocenters. The number of fused-ring (bicyclic) bond motifs is 2. The Morgan fingerprint density at radius 1 is 1.09 bits per heavy atom. The Kier molecular flexibility index (Phi) is 7.06. The molecule has 5 rings (SSSR count). The first-order valence-corrected chi connectivity index (χ1v) is 11.4. The van der Waals surface area contributed by atoms with Crippen molar-refractivity contribution in [2.24, 2.45) is 0 Å². The maximum absolute atomic E-state index is 11.4. The van der Waals surface area contributed by atoms with E-state index < -0.39 is 5.60 Å². The quantitative estimate of drug-likeness (QED) is 0.569. The van der Waals surface area contributed by atoms with Crippen LogP contribution in [-0.2, 0) is 13.0 Å². The third kappa shape index (κ3) is 5.27. The number of aryl methyl sites for hydroxylation is 1. The summed E-state index contributed by atoms with van der Waals surface area (Å²) >= 11 is 6.28. The Morgan fingerprint density at radius 2 is 1.84 bits per heavy atom.